The molecule has 0 aliphatic heterocycles. The molecule has 3 rings (SSSR count). The number of nitrogen functional groups attached to an aromatic ring is 1. The lowest BCUT2D eigenvalue weighted by Gasteiger charge is -2.13. The van der Waals surface area contributed by atoms with E-state index in [4.69, 9.17) is 10.7 Å². The van der Waals surface area contributed by atoms with E-state index in [0.29, 0.717) is 11.6 Å². The van der Waals surface area contributed by atoms with Gasteiger partial charge >= 0.3 is 0 Å². The normalized spacial score (nSPS) is 12.6. The van der Waals surface area contributed by atoms with Crippen molar-refractivity contribution in [3.8, 4) is 0 Å². The molecule has 0 bridgehead atoms. The van der Waals surface area contributed by atoms with Crippen molar-refractivity contribution < 1.29 is 4.55 Å². The predicted octanol–water partition coefficient (Wildman–Crippen LogP) is 3.78. The van der Waals surface area contributed by atoms with Crippen LogP contribution in [-0.2, 0) is 24.1 Å². The van der Waals surface area contributed by atoms with E-state index in [1.807, 2.05) is 37.3 Å². The van der Waals surface area contributed by atoms with Gasteiger partial charge in [0, 0.05) is 18.7 Å². The number of nitrogens with two attached hydrogens (primary N) is 1. The number of aryl methyl sites for hydroxylation is 4. The van der Waals surface area contributed by atoms with Crippen LogP contribution in [0.4, 0.5) is 5.82 Å². The Kier molecular flexibility index (Phi) is 5.84. The highest BCUT2D eigenvalue weighted by molar-refractivity contribution is 7.91. The van der Waals surface area contributed by atoms with Gasteiger partial charge in [-0.25, -0.2) is 9.97 Å². The predicted molar refractivity (Wildman–Crippen MR) is 108 cm³/mol. The lowest BCUT2D eigenvalue weighted by molar-refractivity contribution is 0.580. The number of nitrogens with zero attached hydrogens (tertiary/aromatic N) is 3. The van der Waals surface area contributed by atoms with Crippen LogP contribution in [0.3, 0.4) is 0 Å². The Morgan fingerprint density at radius 1 is 1.12 bits per heavy atom. The average Bonchev–Trinajstić information content (AvgIpc) is 3.03. The number of rotatable bonds is 7. The summed E-state index contributed by atoms with van der Waals surface area (Å²) in [5, 5.41) is 0. The number of anilines is 1. The van der Waals surface area contributed by atoms with Crippen LogP contribution in [-0.4, -0.2) is 24.8 Å². The number of hydrogen-bond acceptors (Lipinski definition) is 4. The SMILES string of the molecule is CCc1nc2c(N)nc(C)c(C)c2n1CCCC[S+]([O-])c1ccccc1. The zero-order valence-electron chi connectivity index (χ0n) is 15.7. The number of benzene rings is 1. The van der Waals surface area contributed by atoms with Crippen molar-refractivity contribution in [2.45, 2.75) is 51.5 Å². The van der Waals surface area contributed by atoms with Crippen LogP contribution in [0.25, 0.3) is 11.0 Å². The van der Waals surface area contributed by atoms with Gasteiger partial charge in [0.1, 0.15) is 17.1 Å². The molecule has 138 valence electrons. The van der Waals surface area contributed by atoms with Gasteiger partial charge in [0.05, 0.1) is 5.52 Å². The second kappa shape index (κ2) is 8.10. The van der Waals surface area contributed by atoms with Crippen LogP contribution in [0.15, 0.2) is 35.2 Å². The minimum absolute atomic E-state index is 0.502. The highest BCUT2D eigenvalue weighted by Gasteiger charge is 2.17. The van der Waals surface area contributed by atoms with E-state index in [9.17, 15) is 4.55 Å². The minimum atomic E-state index is -0.933. The Bertz CT molecular complexity index is 892. The van der Waals surface area contributed by atoms with Gasteiger partial charge in [-0.2, -0.15) is 0 Å². The Hall–Kier alpha value is -2.05. The number of hydrogen-bond donors (Lipinski definition) is 1. The molecule has 3 aromatic rings. The first-order valence-corrected chi connectivity index (χ1v) is 10.4. The van der Waals surface area contributed by atoms with Gasteiger partial charge < -0.3 is 14.9 Å². The van der Waals surface area contributed by atoms with E-state index in [0.717, 1.165) is 58.8 Å². The van der Waals surface area contributed by atoms with Crippen LogP contribution >= 0.6 is 0 Å². The fourth-order valence-corrected chi connectivity index (χ4v) is 4.41. The molecule has 0 saturated carbocycles. The quantitative estimate of drug-likeness (QED) is 0.507. The van der Waals surface area contributed by atoms with E-state index in [1.54, 1.807) is 0 Å². The monoisotopic (exact) mass is 370 g/mol. The fraction of sp³-hybridized carbons (Fsp3) is 0.400. The van der Waals surface area contributed by atoms with Crippen LogP contribution < -0.4 is 5.73 Å². The fourth-order valence-electron chi connectivity index (χ4n) is 3.25. The van der Waals surface area contributed by atoms with Crippen molar-refractivity contribution in [2.24, 2.45) is 0 Å². The molecule has 5 nitrogen and oxygen atoms in total. The third-order valence-corrected chi connectivity index (χ3v) is 6.22. The zero-order valence-corrected chi connectivity index (χ0v) is 16.5. The Morgan fingerprint density at radius 3 is 2.54 bits per heavy atom. The molecule has 6 heteroatoms. The van der Waals surface area contributed by atoms with Crippen LogP contribution in [0, 0.1) is 13.8 Å². The van der Waals surface area contributed by atoms with Gasteiger partial charge in [-0.15, -0.1) is 0 Å². The summed E-state index contributed by atoms with van der Waals surface area (Å²) in [7, 11) is 0. The maximum atomic E-state index is 12.4. The molecule has 0 fully saturated rings. The summed E-state index contributed by atoms with van der Waals surface area (Å²) in [6.45, 7) is 7.02. The average molecular weight is 371 g/mol. The smallest absolute Gasteiger partial charge is 0.152 e. The Morgan fingerprint density at radius 2 is 1.85 bits per heavy atom. The first kappa shape index (κ1) is 18.7. The molecule has 0 aliphatic carbocycles. The van der Waals surface area contributed by atoms with Crippen molar-refractivity contribution >= 4 is 28.0 Å². The number of unbranched alkanes of at least 4 members (excludes halogenated alkanes) is 1. The molecule has 1 aromatic carbocycles. The van der Waals surface area contributed by atoms with Crippen molar-refractivity contribution in [3.63, 3.8) is 0 Å². The van der Waals surface area contributed by atoms with Gasteiger partial charge in [0.15, 0.2) is 10.7 Å². The number of aromatic nitrogens is 3. The maximum Gasteiger partial charge on any atom is 0.152 e. The molecule has 1 unspecified atom stereocenters. The molecule has 2 aromatic heterocycles. The molecule has 1 atom stereocenters. The zero-order chi connectivity index (χ0) is 18.7. The van der Waals surface area contributed by atoms with Gasteiger partial charge in [0.2, 0.25) is 0 Å². The highest BCUT2D eigenvalue weighted by atomic mass is 32.2. The van der Waals surface area contributed by atoms with Crippen molar-refractivity contribution in [1.29, 1.82) is 0 Å². The van der Waals surface area contributed by atoms with Gasteiger partial charge in [-0.1, -0.05) is 25.1 Å². The molecule has 0 saturated heterocycles. The molecular weight excluding hydrogens is 344 g/mol. The van der Waals surface area contributed by atoms with Gasteiger partial charge in [0.25, 0.3) is 0 Å². The largest absolute Gasteiger partial charge is 0.611 e. The van der Waals surface area contributed by atoms with E-state index in [1.165, 1.54) is 0 Å². The van der Waals surface area contributed by atoms with E-state index < -0.39 is 11.2 Å². The summed E-state index contributed by atoms with van der Waals surface area (Å²) in [6, 6.07) is 9.67. The first-order chi connectivity index (χ1) is 12.5. The summed E-state index contributed by atoms with van der Waals surface area (Å²) in [6.07, 6.45) is 2.71. The summed E-state index contributed by atoms with van der Waals surface area (Å²) in [4.78, 5) is 10.0. The third-order valence-electron chi connectivity index (χ3n) is 4.76. The third kappa shape index (κ3) is 3.71. The van der Waals surface area contributed by atoms with Crippen molar-refractivity contribution in [1.82, 2.24) is 14.5 Å². The molecule has 0 radical (unpaired) electrons. The van der Waals surface area contributed by atoms with Crippen LogP contribution in [0.1, 0.15) is 36.8 Å². The molecular formula is C20H26N4OS. The second-order valence-electron chi connectivity index (χ2n) is 6.51. The summed E-state index contributed by atoms with van der Waals surface area (Å²) in [5.41, 5.74) is 10.1. The Balaban J connectivity index is 1.73. The van der Waals surface area contributed by atoms with E-state index in [2.05, 4.69) is 23.4 Å². The number of imidazole rings is 1. The van der Waals surface area contributed by atoms with Crippen molar-refractivity contribution in [2.75, 3.05) is 11.5 Å². The molecule has 0 spiro atoms. The summed E-state index contributed by atoms with van der Waals surface area (Å²) in [5.74, 6) is 2.22. The first-order valence-electron chi connectivity index (χ1n) is 9.08. The maximum absolute atomic E-state index is 12.4. The number of fused-ring (bicyclic) bond motifs is 1. The molecule has 0 aliphatic rings. The summed E-state index contributed by atoms with van der Waals surface area (Å²) < 4.78 is 14.6. The molecule has 2 heterocycles. The standard InChI is InChI=1S/C20H26N4OS/c1-4-17-23-18-19(14(2)15(3)22-20(18)21)24(17)12-8-9-13-26(25)16-10-6-5-7-11-16/h5-7,10-11H,4,8-9,12-13H2,1-3H3,(H2,21,22). The lowest BCUT2D eigenvalue weighted by atomic mass is 10.2. The van der Waals surface area contributed by atoms with Gasteiger partial charge in [-0.05, 0) is 55.6 Å². The minimum Gasteiger partial charge on any atom is -0.611 e. The van der Waals surface area contributed by atoms with Crippen LogP contribution in [0.2, 0.25) is 0 Å². The van der Waals surface area contributed by atoms with E-state index in [-0.39, 0.29) is 0 Å². The molecule has 2 N–H and O–H groups in total. The molecule has 0 amide bonds. The van der Waals surface area contributed by atoms with E-state index >= 15 is 0 Å². The van der Waals surface area contributed by atoms with Crippen molar-refractivity contribution in [3.05, 3.63) is 47.4 Å². The van der Waals surface area contributed by atoms with Crippen LogP contribution in [0.5, 0.6) is 0 Å². The van der Waals surface area contributed by atoms with Gasteiger partial charge in [-0.3, -0.25) is 0 Å². The lowest BCUT2D eigenvalue weighted by Crippen LogP contribution is -2.09. The summed E-state index contributed by atoms with van der Waals surface area (Å²) >= 11 is -0.933. The Labute approximate surface area is 157 Å². The molecule has 26 heavy (non-hydrogen) atoms. The second-order valence-corrected chi connectivity index (χ2v) is 8.08. The topological polar surface area (TPSA) is 79.8 Å². The highest BCUT2D eigenvalue weighted by Crippen LogP contribution is 2.26. The number of pyridine rings is 1.